The first-order valence-corrected chi connectivity index (χ1v) is 8.94. The fourth-order valence-electron chi connectivity index (χ4n) is 2.61. The zero-order chi connectivity index (χ0) is 18.3. The van der Waals surface area contributed by atoms with Crippen molar-refractivity contribution in [3.63, 3.8) is 0 Å². The van der Waals surface area contributed by atoms with E-state index in [4.69, 9.17) is 16.3 Å². The van der Waals surface area contributed by atoms with Crippen LogP contribution in [-0.2, 0) is 0 Å². The van der Waals surface area contributed by atoms with Gasteiger partial charge in [-0.25, -0.2) is 13.9 Å². The van der Waals surface area contributed by atoms with Crippen LogP contribution in [-0.4, -0.2) is 15.7 Å². The van der Waals surface area contributed by atoms with Gasteiger partial charge in [-0.1, -0.05) is 29.8 Å². The van der Waals surface area contributed by atoms with Gasteiger partial charge in [-0.15, -0.1) is 11.3 Å². The Morgan fingerprint density at radius 1 is 1.19 bits per heavy atom. The van der Waals surface area contributed by atoms with E-state index < -0.39 is 5.97 Å². The summed E-state index contributed by atoms with van der Waals surface area (Å²) in [5.74, 6) is -0.539. The average Bonchev–Trinajstić information content (AvgIpc) is 3.18. The van der Waals surface area contributed by atoms with Gasteiger partial charge in [0, 0.05) is 5.39 Å². The fraction of sp³-hybridized carbons (Fsp3) is 0.0526. The molecule has 0 amide bonds. The van der Waals surface area contributed by atoms with Gasteiger partial charge in [-0.2, -0.15) is 5.10 Å². The lowest BCUT2D eigenvalue weighted by Gasteiger charge is -2.04. The van der Waals surface area contributed by atoms with Gasteiger partial charge >= 0.3 is 5.97 Å². The van der Waals surface area contributed by atoms with Gasteiger partial charge in [0.25, 0.3) is 0 Å². The molecule has 0 N–H and O–H groups in total. The molecule has 0 saturated heterocycles. The monoisotopic (exact) mass is 386 g/mol. The van der Waals surface area contributed by atoms with Gasteiger partial charge in [0.1, 0.15) is 21.3 Å². The third kappa shape index (κ3) is 2.98. The Labute approximate surface area is 157 Å². The van der Waals surface area contributed by atoms with Crippen molar-refractivity contribution in [3.8, 4) is 11.4 Å². The van der Waals surface area contributed by atoms with E-state index in [9.17, 15) is 9.18 Å². The van der Waals surface area contributed by atoms with Crippen molar-refractivity contribution in [2.24, 2.45) is 0 Å². The molecule has 0 aliphatic rings. The summed E-state index contributed by atoms with van der Waals surface area (Å²) >= 11 is 7.27. The zero-order valence-electron chi connectivity index (χ0n) is 13.6. The Kier molecular flexibility index (Phi) is 4.22. The predicted octanol–water partition coefficient (Wildman–Crippen LogP) is 5.41. The number of carbonyl (C=O) groups is 1. The lowest BCUT2D eigenvalue weighted by atomic mass is 10.3. The molecule has 0 radical (unpaired) electrons. The summed E-state index contributed by atoms with van der Waals surface area (Å²) < 4.78 is 20.6. The smallest absolute Gasteiger partial charge is 0.353 e. The van der Waals surface area contributed by atoms with Gasteiger partial charge in [0.05, 0.1) is 16.4 Å². The van der Waals surface area contributed by atoms with Crippen LogP contribution in [0.15, 0.2) is 54.6 Å². The minimum Gasteiger partial charge on any atom is -0.421 e. The number of fused-ring (bicyclic) bond motifs is 1. The minimum absolute atomic E-state index is 0.306. The summed E-state index contributed by atoms with van der Waals surface area (Å²) in [6.45, 7) is 1.84. The molecule has 4 rings (SSSR count). The molecule has 0 fully saturated rings. The van der Waals surface area contributed by atoms with Crippen LogP contribution in [0.4, 0.5) is 4.39 Å². The van der Waals surface area contributed by atoms with Crippen molar-refractivity contribution in [1.29, 1.82) is 0 Å². The number of carbonyl (C=O) groups excluding carboxylic acids is 1. The number of halogens is 2. The predicted molar refractivity (Wildman–Crippen MR) is 100 cm³/mol. The van der Waals surface area contributed by atoms with E-state index in [0.29, 0.717) is 21.3 Å². The standard InChI is InChI=1S/C19H12ClFN2O2S/c1-11-14-10-17(19(24)25-16-8-3-2-7-15(16)20)26-18(14)23(22-11)13-6-4-5-12(21)9-13/h2-10H,1H3. The highest BCUT2D eigenvalue weighted by molar-refractivity contribution is 7.20. The summed E-state index contributed by atoms with van der Waals surface area (Å²) in [6, 6.07) is 14.7. The van der Waals surface area contributed by atoms with Crippen molar-refractivity contribution < 1.29 is 13.9 Å². The van der Waals surface area contributed by atoms with Gasteiger partial charge < -0.3 is 4.74 Å². The molecule has 2 aromatic heterocycles. The third-order valence-electron chi connectivity index (χ3n) is 3.84. The van der Waals surface area contributed by atoms with E-state index in [-0.39, 0.29) is 5.82 Å². The van der Waals surface area contributed by atoms with Crippen LogP contribution in [0.25, 0.3) is 15.9 Å². The lowest BCUT2D eigenvalue weighted by Crippen LogP contribution is -2.06. The molecule has 0 aliphatic carbocycles. The van der Waals surface area contributed by atoms with Gasteiger partial charge in [-0.05, 0) is 43.3 Å². The second-order valence-electron chi connectivity index (χ2n) is 5.63. The summed E-state index contributed by atoms with van der Waals surface area (Å²) in [7, 11) is 0. The van der Waals surface area contributed by atoms with E-state index in [1.165, 1.54) is 23.5 Å². The van der Waals surface area contributed by atoms with Crippen molar-refractivity contribution >= 4 is 39.1 Å². The second-order valence-corrected chi connectivity index (χ2v) is 7.06. The maximum absolute atomic E-state index is 13.5. The van der Waals surface area contributed by atoms with Crippen molar-refractivity contribution in [3.05, 3.63) is 76.0 Å². The normalized spacial score (nSPS) is 11.0. The molecule has 4 nitrogen and oxygen atoms in total. The zero-order valence-corrected chi connectivity index (χ0v) is 15.1. The van der Waals surface area contributed by atoms with Crippen LogP contribution in [0, 0.1) is 12.7 Å². The second kappa shape index (κ2) is 6.55. The fourth-order valence-corrected chi connectivity index (χ4v) is 3.84. The van der Waals surface area contributed by atoms with Crippen LogP contribution in [0.2, 0.25) is 5.02 Å². The van der Waals surface area contributed by atoms with Crippen molar-refractivity contribution in [2.45, 2.75) is 6.92 Å². The number of hydrogen-bond acceptors (Lipinski definition) is 4. The number of para-hydroxylation sites is 1. The lowest BCUT2D eigenvalue weighted by molar-refractivity contribution is 0.0740. The largest absolute Gasteiger partial charge is 0.421 e. The Morgan fingerprint density at radius 3 is 2.77 bits per heavy atom. The van der Waals surface area contributed by atoms with Crippen LogP contribution in [0.5, 0.6) is 5.75 Å². The number of rotatable bonds is 3. The molecule has 0 saturated carbocycles. The summed E-state index contributed by atoms with van der Waals surface area (Å²) in [4.78, 5) is 13.7. The first-order valence-electron chi connectivity index (χ1n) is 7.75. The molecule has 0 unspecified atom stereocenters. The molecule has 130 valence electrons. The molecule has 4 aromatic rings. The first kappa shape index (κ1) is 16.8. The molecule has 26 heavy (non-hydrogen) atoms. The van der Waals surface area contributed by atoms with Crippen molar-refractivity contribution in [2.75, 3.05) is 0 Å². The van der Waals surface area contributed by atoms with Crippen molar-refractivity contribution in [1.82, 2.24) is 9.78 Å². The number of ether oxygens (including phenoxy) is 1. The molecule has 0 aliphatic heterocycles. The third-order valence-corrected chi connectivity index (χ3v) is 5.24. The Morgan fingerprint density at radius 2 is 2.00 bits per heavy atom. The SMILES string of the molecule is Cc1nn(-c2cccc(F)c2)c2sc(C(=O)Oc3ccccc3Cl)cc12. The van der Waals surface area contributed by atoms with Crippen LogP contribution < -0.4 is 4.74 Å². The maximum atomic E-state index is 13.5. The van der Waals surface area contributed by atoms with E-state index in [2.05, 4.69) is 5.10 Å². The van der Waals surface area contributed by atoms with Crippen LogP contribution in [0.3, 0.4) is 0 Å². The molecule has 2 aromatic carbocycles. The number of nitrogens with zero attached hydrogens (tertiary/aromatic N) is 2. The maximum Gasteiger partial charge on any atom is 0.353 e. The number of thiophene rings is 1. The van der Waals surface area contributed by atoms with E-state index in [1.54, 1.807) is 47.1 Å². The Bertz CT molecular complexity index is 1140. The highest BCUT2D eigenvalue weighted by Crippen LogP contribution is 2.32. The molecule has 0 spiro atoms. The first-order chi connectivity index (χ1) is 12.5. The number of hydrogen-bond donors (Lipinski definition) is 0. The minimum atomic E-state index is -0.496. The van der Waals surface area contributed by atoms with E-state index >= 15 is 0 Å². The summed E-state index contributed by atoms with van der Waals surface area (Å²) in [5.41, 5.74) is 1.34. The Hall–Kier alpha value is -2.70. The molecule has 2 heterocycles. The quantitative estimate of drug-likeness (QED) is 0.349. The highest BCUT2D eigenvalue weighted by Gasteiger charge is 2.19. The number of aromatic nitrogens is 2. The number of benzene rings is 2. The van der Waals surface area contributed by atoms with E-state index in [0.717, 1.165) is 15.9 Å². The topological polar surface area (TPSA) is 44.1 Å². The average molecular weight is 387 g/mol. The number of esters is 1. The van der Waals surface area contributed by atoms with Crippen LogP contribution >= 0.6 is 22.9 Å². The molecular weight excluding hydrogens is 375 g/mol. The molecule has 0 atom stereocenters. The Balaban J connectivity index is 1.73. The summed E-state index contributed by atoms with van der Waals surface area (Å²) in [6.07, 6.45) is 0. The number of aryl methyl sites for hydroxylation is 1. The molecule has 0 bridgehead atoms. The summed E-state index contributed by atoms with van der Waals surface area (Å²) in [5, 5.41) is 5.64. The highest BCUT2D eigenvalue weighted by atomic mass is 35.5. The molecular formula is C19H12ClFN2O2S. The van der Waals surface area contributed by atoms with Gasteiger partial charge in [0.2, 0.25) is 0 Å². The van der Waals surface area contributed by atoms with E-state index in [1.807, 2.05) is 6.92 Å². The van der Waals surface area contributed by atoms with Crippen LogP contribution in [0.1, 0.15) is 15.4 Å². The van der Waals surface area contributed by atoms with Gasteiger partial charge in [0.15, 0.2) is 0 Å². The molecule has 7 heteroatoms. The van der Waals surface area contributed by atoms with Gasteiger partial charge in [-0.3, -0.25) is 0 Å².